The lowest BCUT2D eigenvalue weighted by atomic mass is 10.1. The molecule has 0 amide bonds. The van der Waals surface area contributed by atoms with Gasteiger partial charge in [0.2, 0.25) is 0 Å². The number of carboxylic acids is 1. The number of benzene rings is 2. The Morgan fingerprint density at radius 1 is 1.09 bits per heavy atom. The first-order chi connectivity index (χ1) is 11.1. The summed E-state index contributed by atoms with van der Waals surface area (Å²) in [7, 11) is 0. The molecule has 0 aliphatic rings. The zero-order valence-electron chi connectivity index (χ0n) is 12.8. The average molecular weight is 323 g/mol. The summed E-state index contributed by atoms with van der Waals surface area (Å²) in [5.74, 6) is -0.897. The molecule has 1 aromatic heterocycles. The number of aromatic carboxylic acids is 1. The Balaban J connectivity index is 1.71. The van der Waals surface area contributed by atoms with Gasteiger partial charge in [-0.25, -0.2) is 9.78 Å². The monoisotopic (exact) mass is 323 g/mol. The number of thiazole rings is 1. The molecule has 116 valence electrons. The minimum Gasteiger partial charge on any atom is -0.478 e. The molecule has 1 heterocycles. The van der Waals surface area contributed by atoms with E-state index in [1.165, 1.54) is 11.1 Å². The lowest BCUT2D eigenvalue weighted by molar-refractivity contribution is 0.0697. The molecule has 0 saturated carbocycles. The summed E-state index contributed by atoms with van der Waals surface area (Å²) in [4.78, 5) is 15.7. The van der Waals surface area contributed by atoms with Gasteiger partial charge in [-0.2, -0.15) is 0 Å². The lowest BCUT2D eigenvalue weighted by Gasteiger charge is -2.01. The number of aromatic nitrogens is 1. The second-order valence-corrected chi connectivity index (χ2v) is 6.52. The van der Waals surface area contributed by atoms with Crippen molar-refractivity contribution in [3.05, 3.63) is 86.9 Å². The van der Waals surface area contributed by atoms with Crippen LogP contribution in [0, 0.1) is 6.92 Å². The summed E-state index contributed by atoms with van der Waals surface area (Å²) in [6.07, 6.45) is 1.49. The Hall–Kier alpha value is -2.46. The number of carbonyl (C=O) groups is 1. The SMILES string of the molecule is Cc1ccc(Cc2csc(Cc3cccc(C(=O)O)c3)n2)cc1. The van der Waals surface area contributed by atoms with Crippen LogP contribution < -0.4 is 0 Å². The number of aryl methyl sites for hydroxylation is 1. The van der Waals surface area contributed by atoms with Crippen molar-refractivity contribution in [2.45, 2.75) is 19.8 Å². The van der Waals surface area contributed by atoms with E-state index in [1.807, 2.05) is 6.07 Å². The van der Waals surface area contributed by atoms with E-state index in [-0.39, 0.29) is 0 Å². The fourth-order valence-electron chi connectivity index (χ4n) is 2.42. The van der Waals surface area contributed by atoms with Crippen molar-refractivity contribution >= 4 is 17.3 Å². The zero-order valence-corrected chi connectivity index (χ0v) is 13.6. The Morgan fingerprint density at radius 2 is 1.87 bits per heavy atom. The Morgan fingerprint density at radius 3 is 2.61 bits per heavy atom. The van der Waals surface area contributed by atoms with E-state index >= 15 is 0 Å². The predicted molar refractivity (Wildman–Crippen MR) is 92.3 cm³/mol. The van der Waals surface area contributed by atoms with E-state index in [1.54, 1.807) is 29.5 Å². The van der Waals surface area contributed by atoms with Crippen LogP contribution in [0.4, 0.5) is 0 Å². The normalized spacial score (nSPS) is 10.7. The molecule has 0 aliphatic heterocycles. The van der Waals surface area contributed by atoms with E-state index in [0.29, 0.717) is 12.0 Å². The van der Waals surface area contributed by atoms with Crippen molar-refractivity contribution in [1.82, 2.24) is 4.98 Å². The molecule has 0 aliphatic carbocycles. The topological polar surface area (TPSA) is 50.2 Å². The van der Waals surface area contributed by atoms with E-state index < -0.39 is 5.97 Å². The summed E-state index contributed by atoms with van der Waals surface area (Å²) >= 11 is 1.62. The standard InChI is InChI=1S/C19H17NO2S/c1-13-5-7-14(8-6-13)10-17-12-23-18(20-17)11-15-3-2-4-16(9-15)19(21)22/h2-9,12H,10-11H2,1H3,(H,21,22). The number of carboxylic acid groups (broad SMARTS) is 1. The fraction of sp³-hybridized carbons (Fsp3) is 0.158. The van der Waals surface area contributed by atoms with Gasteiger partial charge in [-0.3, -0.25) is 0 Å². The minimum absolute atomic E-state index is 0.318. The first-order valence-corrected chi connectivity index (χ1v) is 8.29. The molecule has 0 spiro atoms. The summed E-state index contributed by atoms with van der Waals surface area (Å²) in [5, 5.41) is 12.1. The molecule has 0 radical (unpaired) electrons. The van der Waals surface area contributed by atoms with Gasteiger partial charge < -0.3 is 5.11 Å². The highest BCUT2D eigenvalue weighted by Crippen LogP contribution is 2.18. The van der Waals surface area contributed by atoms with Gasteiger partial charge in [0.25, 0.3) is 0 Å². The largest absolute Gasteiger partial charge is 0.478 e. The molecule has 3 rings (SSSR count). The average Bonchev–Trinajstić information content (AvgIpc) is 2.97. The first-order valence-electron chi connectivity index (χ1n) is 7.41. The molecule has 4 heteroatoms. The third kappa shape index (κ3) is 4.05. The lowest BCUT2D eigenvalue weighted by Crippen LogP contribution is -1.98. The maximum absolute atomic E-state index is 11.0. The van der Waals surface area contributed by atoms with Crippen molar-refractivity contribution in [3.8, 4) is 0 Å². The molecule has 1 N–H and O–H groups in total. The van der Waals surface area contributed by atoms with Gasteiger partial charge in [-0.05, 0) is 30.2 Å². The van der Waals surface area contributed by atoms with Gasteiger partial charge in [-0.1, -0.05) is 42.0 Å². The van der Waals surface area contributed by atoms with Crippen LogP contribution in [-0.4, -0.2) is 16.1 Å². The van der Waals surface area contributed by atoms with Gasteiger partial charge in [0.05, 0.1) is 16.3 Å². The van der Waals surface area contributed by atoms with Crippen molar-refractivity contribution in [3.63, 3.8) is 0 Å². The van der Waals surface area contributed by atoms with Crippen molar-refractivity contribution in [2.75, 3.05) is 0 Å². The number of hydrogen-bond donors (Lipinski definition) is 1. The van der Waals surface area contributed by atoms with Gasteiger partial charge in [-0.15, -0.1) is 11.3 Å². The van der Waals surface area contributed by atoms with Crippen molar-refractivity contribution < 1.29 is 9.90 Å². The van der Waals surface area contributed by atoms with E-state index in [4.69, 9.17) is 5.11 Å². The Labute approximate surface area is 139 Å². The quantitative estimate of drug-likeness (QED) is 0.760. The van der Waals surface area contributed by atoms with E-state index in [2.05, 4.69) is 41.6 Å². The van der Waals surface area contributed by atoms with E-state index in [9.17, 15) is 4.79 Å². The van der Waals surface area contributed by atoms with Crippen LogP contribution >= 0.6 is 11.3 Å². The second-order valence-electron chi connectivity index (χ2n) is 5.58. The first kappa shape index (κ1) is 15.4. The molecule has 0 fully saturated rings. The summed E-state index contributed by atoms with van der Waals surface area (Å²) in [6.45, 7) is 2.08. The number of rotatable bonds is 5. The molecule has 0 unspecified atom stereocenters. The van der Waals surface area contributed by atoms with Gasteiger partial charge in [0, 0.05) is 18.2 Å². The van der Waals surface area contributed by atoms with Gasteiger partial charge >= 0.3 is 5.97 Å². The molecular weight excluding hydrogens is 306 g/mol. The maximum atomic E-state index is 11.0. The van der Waals surface area contributed by atoms with Crippen LogP contribution in [0.5, 0.6) is 0 Å². The molecule has 3 aromatic rings. The highest BCUT2D eigenvalue weighted by atomic mass is 32.1. The van der Waals surface area contributed by atoms with Crippen molar-refractivity contribution in [1.29, 1.82) is 0 Å². The second kappa shape index (κ2) is 6.75. The third-order valence-corrected chi connectivity index (χ3v) is 4.53. The van der Waals surface area contributed by atoms with Crippen LogP contribution in [0.3, 0.4) is 0 Å². The number of nitrogens with zero attached hydrogens (tertiary/aromatic N) is 1. The van der Waals surface area contributed by atoms with Crippen LogP contribution in [0.1, 0.15) is 37.7 Å². The highest BCUT2D eigenvalue weighted by Gasteiger charge is 2.07. The number of hydrogen-bond acceptors (Lipinski definition) is 3. The highest BCUT2D eigenvalue weighted by molar-refractivity contribution is 7.09. The van der Waals surface area contributed by atoms with Crippen LogP contribution in [-0.2, 0) is 12.8 Å². The summed E-state index contributed by atoms with van der Waals surface area (Å²) in [6, 6.07) is 15.5. The molecule has 3 nitrogen and oxygen atoms in total. The molecule has 0 saturated heterocycles. The zero-order chi connectivity index (χ0) is 16.2. The smallest absolute Gasteiger partial charge is 0.335 e. The van der Waals surface area contributed by atoms with Gasteiger partial charge in [0.1, 0.15) is 0 Å². The summed E-state index contributed by atoms with van der Waals surface area (Å²) < 4.78 is 0. The predicted octanol–water partition coefficient (Wildman–Crippen LogP) is 4.33. The third-order valence-electron chi connectivity index (χ3n) is 3.63. The maximum Gasteiger partial charge on any atom is 0.335 e. The molecule has 0 atom stereocenters. The van der Waals surface area contributed by atoms with Gasteiger partial charge in [0.15, 0.2) is 0 Å². The van der Waals surface area contributed by atoms with E-state index in [0.717, 1.165) is 22.7 Å². The molecule has 0 bridgehead atoms. The van der Waals surface area contributed by atoms with Crippen LogP contribution in [0.2, 0.25) is 0 Å². The molecule has 2 aromatic carbocycles. The Kier molecular flexibility index (Phi) is 4.53. The minimum atomic E-state index is -0.897. The van der Waals surface area contributed by atoms with Crippen molar-refractivity contribution in [2.24, 2.45) is 0 Å². The molecular formula is C19H17NO2S. The van der Waals surface area contributed by atoms with Crippen LogP contribution in [0.25, 0.3) is 0 Å². The van der Waals surface area contributed by atoms with Crippen LogP contribution in [0.15, 0.2) is 53.9 Å². The Bertz CT molecular complexity index is 821. The summed E-state index contributed by atoms with van der Waals surface area (Å²) in [5.41, 5.74) is 4.86. The fourth-order valence-corrected chi connectivity index (χ4v) is 3.24. The molecule has 23 heavy (non-hydrogen) atoms.